The van der Waals surface area contributed by atoms with Crippen LogP contribution in [-0.4, -0.2) is 56.6 Å². The molecule has 1 N–H and O–H groups in total. The minimum Gasteiger partial charge on any atom is -0.497 e. The summed E-state index contributed by atoms with van der Waals surface area (Å²) in [6.07, 6.45) is 1.88. The molecule has 2 aromatic rings. The molecular weight excluding hydrogens is 514 g/mol. The van der Waals surface area contributed by atoms with E-state index in [2.05, 4.69) is 5.32 Å². The average molecular weight is 552 g/mol. The molecule has 10 heteroatoms. The quantitative estimate of drug-likeness (QED) is 0.415. The van der Waals surface area contributed by atoms with E-state index in [4.69, 9.17) is 16.3 Å². The van der Waals surface area contributed by atoms with Crippen molar-refractivity contribution in [3.63, 3.8) is 0 Å². The summed E-state index contributed by atoms with van der Waals surface area (Å²) in [6.45, 7) is 7.80. The largest absolute Gasteiger partial charge is 0.497 e. The molecule has 0 aliphatic rings. The molecule has 0 aliphatic heterocycles. The van der Waals surface area contributed by atoms with Crippen LogP contribution in [0, 0.1) is 0 Å². The van der Waals surface area contributed by atoms with Gasteiger partial charge in [0.25, 0.3) is 0 Å². The molecule has 0 radical (unpaired) electrons. The molecule has 0 aromatic heterocycles. The van der Waals surface area contributed by atoms with Gasteiger partial charge < -0.3 is 15.0 Å². The molecule has 37 heavy (non-hydrogen) atoms. The summed E-state index contributed by atoms with van der Waals surface area (Å²) in [5, 5.41) is 3.48. The number of carbonyl (C=O) groups excluding carboxylic acids is 2. The predicted octanol–water partition coefficient (Wildman–Crippen LogP) is 4.62. The number of nitrogens with one attached hydrogen (secondary N) is 1. The normalized spacial score (nSPS) is 12.5. The summed E-state index contributed by atoms with van der Waals surface area (Å²) in [7, 11) is -2.04. The lowest BCUT2D eigenvalue weighted by atomic mass is 10.0. The standard InChI is InChI=1S/C27H38ClN3O5S/c1-7-24(26(33)29-27(2,3)4)30(19-20-11-8-9-12-23(20)28)25(32)13-10-18-31(37(6,34)35)21-14-16-22(36-5)17-15-21/h8-9,11-12,14-17,24H,7,10,13,18-19H2,1-6H3,(H,29,33)/t24-/m0/s1. The van der Waals surface area contributed by atoms with Crippen molar-refractivity contribution in [1.29, 1.82) is 0 Å². The molecule has 204 valence electrons. The highest BCUT2D eigenvalue weighted by molar-refractivity contribution is 7.92. The van der Waals surface area contributed by atoms with Gasteiger partial charge in [0.2, 0.25) is 21.8 Å². The topological polar surface area (TPSA) is 96.0 Å². The second-order valence-corrected chi connectivity index (χ2v) is 12.2. The molecule has 0 saturated heterocycles. The van der Waals surface area contributed by atoms with Crippen molar-refractivity contribution in [3.05, 3.63) is 59.1 Å². The molecule has 0 aliphatic carbocycles. The van der Waals surface area contributed by atoms with E-state index in [0.717, 1.165) is 11.8 Å². The third kappa shape index (κ3) is 9.23. The number of sulfonamides is 1. The number of nitrogens with zero attached hydrogens (tertiary/aromatic N) is 2. The Kier molecular flexibility index (Phi) is 10.8. The maximum absolute atomic E-state index is 13.5. The Morgan fingerprint density at radius 2 is 1.70 bits per heavy atom. The van der Waals surface area contributed by atoms with Gasteiger partial charge in [0.05, 0.1) is 19.1 Å². The van der Waals surface area contributed by atoms with Gasteiger partial charge in [-0.05, 0) is 69.5 Å². The monoisotopic (exact) mass is 551 g/mol. The minimum absolute atomic E-state index is 0.0614. The molecule has 8 nitrogen and oxygen atoms in total. The SMILES string of the molecule is CC[C@@H](C(=O)NC(C)(C)C)N(Cc1ccccc1Cl)C(=O)CCCN(c1ccc(OC)cc1)S(C)(=O)=O. The summed E-state index contributed by atoms with van der Waals surface area (Å²) < 4.78 is 31.4. The summed E-state index contributed by atoms with van der Waals surface area (Å²) in [5.74, 6) is 0.118. The minimum atomic E-state index is -3.58. The van der Waals surface area contributed by atoms with E-state index >= 15 is 0 Å². The van der Waals surface area contributed by atoms with Crippen LogP contribution in [0.1, 0.15) is 52.5 Å². The van der Waals surface area contributed by atoms with Gasteiger partial charge in [0, 0.05) is 30.1 Å². The van der Waals surface area contributed by atoms with Crippen LogP contribution in [0.25, 0.3) is 0 Å². The van der Waals surface area contributed by atoms with E-state index in [1.807, 2.05) is 39.8 Å². The van der Waals surface area contributed by atoms with Crippen LogP contribution < -0.4 is 14.4 Å². The van der Waals surface area contributed by atoms with Crippen molar-refractivity contribution < 1.29 is 22.7 Å². The van der Waals surface area contributed by atoms with Crippen LogP contribution in [0.2, 0.25) is 5.02 Å². The molecule has 0 bridgehead atoms. The summed E-state index contributed by atoms with van der Waals surface area (Å²) in [6, 6.07) is 13.2. The van der Waals surface area contributed by atoms with E-state index in [9.17, 15) is 18.0 Å². The molecule has 0 saturated carbocycles. The van der Waals surface area contributed by atoms with Crippen LogP contribution in [0.15, 0.2) is 48.5 Å². The molecule has 2 aromatic carbocycles. The molecule has 0 fully saturated rings. The van der Waals surface area contributed by atoms with E-state index < -0.39 is 21.6 Å². The lowest BCUT2D eigenvalue weighted by molar-refractivity contribution is -0.142. The zero-order valence-corrected chi connectivity index (χ0v) is 24.0. The predicted molar refractivity (Wildman–Crippen MR) is 148 cm³/mol. The Morgan fingerprint density at radius 3 is 2.22 bits per heavy atom. The third-order valence-electron chi connectivity index (χ3n) is 5.70. The van der Waals surface area contributed by atoms with Gasteiger partial charge in [-0.25, -0.2) is 8.42 Å². The van der Waals surface area contributed by atoms with Gasteiger partial charge in [-0.3, -0.25) is 13.9 Å². The van der Waals surface area contributed by atoms with Crippen LogP contribution in [0.4, 0.5) is 5.69 Å². The Morgan fingerprint density at radius 1 is 1.08 bits per heavy atom. The number of halogens is 1. The Bertz CT molecular complexity index is 1160. The maximum Gasteiger partial charge on any atom is 0.243 e. The molecule has 1 atom stereocenters. The Balaban J connectivity index is 2.24. The fourth-order valence-electron chi connectivity index (χ4n) is 3.93. The smallest absolute Gasteiger partial charge is 0.243 e. The van der Waals surface area contributed by atoms with Crippen LogP contribution in [-0.2, 0) is 26.2 Å². The number of amides is 2. The molecule has 0 spiro atoms. The second-order valence-electron chi connectivity index (χ2n) is 9.91. The van der Waals surface area contributed by atoms with Crippen LogP contribution >= 0.6 is 11.6 Å². The highest BCUT2D eigenvalue weighted by Gasteiger charge is 2.31. The van der Waals surface area contributed by atoms with Crippen molar-refractivity contribution in [3.8, 4) is 5.75 Å². The molecule has 0 unspecified atom stereocenters. The van der Waals surface area contributed by atoms with Gasteiger partial charge in [-0.1, -0.05) is 36.7 Å². The molecule has 0 heterocycles. The van der Waals surface area contributed by atoms with Crippen LogP contribution in [0.5, 0.6) is 5.75 Å². The van der Waals surface area contributed by atoms with E-state index in [1.165, 1.54) is 11.4 Å². The van der Waals surface area contributed by atoms with Gasteiger partial charge in [0.15, 0.2) is 0 Å². The van der Waals surface area contributed by atoms with Gasteiger partial charge >= 0.3 is 0 Å². The van der Waals surface area contributed by atoms with Crippen molar-refractivity contribution in [2.75, 3.05) is 24.2 Å². The van der Waals surface area contributed by atoms with Crippen molar-refractivity contribution in [1.82, 2.24) is 10.2 Å². The number of ether oxygens (including phenoxy) is 1. The molecule has 2 rings (SSSR count). The number of hydrogen-bond donors (Lipinski definition) is 1. The first-order chi connectivity index (χ1) is 17.3. The van der Waals surface area contributed by atoms with Gasteiger partial charge in [-0.2, -0.15) is 0 Å². The van der Waals surface area contributed by atoms with Crippen LogP contribution in [0.3, 0.4) is 0 Å². The zero-order chi connectivity index (χ0) is 27.8. The number of methoxy groups -OCH3 is 1. The van der Waals surface area contributed by atoms with E-state index in [1.54, 1.807) is 41.3 Å². The second kappa shape index (κ2) is 13.1. The highest BCUT2D eigenvalue weighted by Crippen LogP contribution is 2.24. The third-order valence-corrected chi connectivity index (χ3v) is 7.26. The number of carbonyl (C=O) groups is 2. The fourth-order valence-corrected chi connectivity index (χ4v) is 5.10. The Hall–Kier alpha value is -2.78. The first-order valence-electron chi connectivity index (χ1n) is 12.2. The van der Waals surface area contributed by atoms with E-state index in [0.29, 0.717) is 22.9 Å². The summed E-state index contributed by atoms with van der Waals surface area (Å²) in [4.78, 5) is 28.2. The number of hydrogen-bond acceptors (Lipinski definition) is 5. The first kappa shape index (κ1) is 30.4. The summed E-state index contributed by atoms with van der Waals surface area (Å²) >= 11 is 6.37. The Labute approximate surface area is 226 Å². The van der Waals surface area contributed by atoms with Crippen molar-refractivity contribution >= 4 is 39.1 Å². The fraction of sp³-hybridized carbons (Fsp3) is 0.481. The molecule has 2 amide bonds. The zero-order valence-electron chi connectivity index (χ0n) is 22.5. The first-order valence-corrected chi connectivity index (χ1v) is 14.5. The van der Waals surface area contributed by atoms with Crippen molar-refractivity contribution in [2.24, 2.45) is 0 Å². The highest BCUT2D eigenvalue weighted by atomic mass is 35.5. The van der Waals surface area contributed by atoms with E-state index in [-0.39, 0.29) is 37.7 Å². The molecular formula is C27H38ClN3O5S. The number of benzene rings is 2. The van der Waals surface area contributed by atoms with Gasteiger partial charge in [0.1, 0.15) is 11.8 Å². The number of anilines is 1. The number of rotatable bonds is 12. The van der Waals surface area contributed by atoms with Crippen molar-refractivity contribution in [2.45, 2.75) is 65.1 Å². The van der Waals surface area contributed by atoms with Gasteiger partial charge in [-0.15, -0.1) is 0 Å². The maximum atomic E-state index is 13.5. The summed E-state index contributed by atoms with van der Waals surface area (Å²) in [5.41, 5.74) is 0.757. The lowest BCUT2D eigenvalue weighted by Gasteiger charge is -2.33. The lowest BCUT2D eigenvalue weighted by Crippen LogP contribution is -2.53. The average Bonchev–Trinajstić information content (AvgIpc) is 2.81.